The summed E-state index contributed by atoms with van der Waals surface area (Å²) in [5.41, 5.74) is 0.299. The molecule has 6 heteroatoms. The summed E-state index contributed by atoms with van der Waals surface area (Å²) in [5, 5.41) is 2.47. The molecule has 0 aliphatic rings. The van der Waals surface area contributed by atoms with Crippen LogP contribution in [0.25, 0.3) is 0 Å². The summed E-state index contributed by atoms with van der Waals surface area (Å²) in [6, 6.07) is 4.67. The van der Waals surface area contributed by atoms with Gasteiger partial charge in [-0.15, -0.1) is 0 Å². The topological polar surface area (TPSA) is 63.2 Å². The highest BCUT2D eigenvalue weighted by atomic mass is 79.9. The van der Waals surface area contributed by atoms with Gasteiger partial charge < -0.3 is 5.32 Å². The number of rotatable bonds is 2. The van der Waals surface area contributed by atoms with Crippen LogP contribution in [-0.2, 0) is 14.6 Å². The molecule has 1 rings (SSSR count). The van der Waals surface area contributed by atoms with E-state index in [2.05, 4.69) is 21.2 Å². The van der Waals surface area contributed by atoms with Gasteiger partial charge in [0.05, 0.1) is 10.6 Å². The standard InChI is InChI=1S/C9H10BrNO3S/c1-6(12)11-8-4-3-7(10)5-9(8)15(2,13)14/h3-5H,1-2H3,(H,11,12). The van der Waals surface area contributed by atoms with Gasteiger partial charge in [0.2, 0.25) is 5.91 Å². The first kappa shape index (κ1) is 12.2. The summed E-state index contributed by atoms with van der Waals surface area (Å²) in [6.45, 7) is 1.33. The van der Waals surface area contributed by atoms with Gasteiger partial charge in [-0.25, -0.2) is 8.42 Å². The van der Waals surface area contributed by atoms with Crippen molar-refractivity contribution in [3.05, 3.63) is 22.7 Å². The molecule has 0 bridgehead atoms. The molecular formula is C9H10BrNO3S. The highest BCUT2D eigenvalue weighted by Gasteiger charge is 2.14. The molecule has 0 radical (unpaired) electrons. The summed E-state index contributed by atoms with van der Waals surface area (Å²) in [6.07, 6.45) is 1.10. The Morgan fingerprint density at radius 2 is 2.00 bits per heavy atom. The van der Waals surface area contributed by atoms with Crippen molar-refractivity contribution < 1.29 is 13.2 Å². The molecule has 0 atom stereocenters. The lowest BCUT2D eigenvalue weighted by molar-refractivity contribution is -0.114. The third-order valence-corrected chi connectivity index (χ3v) is 3.28. The van der Waals surface area contributed by atoms with Gasteiger partial charge in [0.25, 0.3) is 0 Å². The first-order valence-corrected chi connectivity index (χ1v) is 6.76. The minimum atomic E-state index is -3.35. The summed E-state index contributed by atoms with van der Waals surface area (Å²) < 4.78 is 23.5. The minimum Gasteiger partial charge on any atom is -0.325 e. The van der Waals surface area contributed by atoms with Crippen LogP contribution in [0.3, 0.4) is 0 Å². The molecule has 15 heavy (non-hydrogen) atoms. The summed E-state index contributed by atoms with van der Waals surface area (Å²) >= 11 is 3.18. The SMILES string of the molecule is CC(=O)Nc1ccc(Br)cc1S(C)(=O)=O. The fourth-order valence-electron chi connectivity index (χ4n) is 1.10. The Labute approximate surface area is 96.7 Å². The molecule has 1 N–H and O–H groups in total. The maximum absolute atomic E-state index is 11.4. The van der Waals surface area contributed by atoms with Crippen molar-refractivity contribution in [2.45, 2.75) is 11.8 Å². The minimum absolute atomic E-state index is 0.104. The second-order valence-electron chi connectivity index (χ2n) is 3.09. The van der Waals surface area contributed by atoms with Crippen LogP contribution in [0.15, 0.2) is 27.6 Å². The van der Waals surface area contributed by atoms with Crippen LogP contribution in [0, 0.1) is 0 Å². The Kier molecular flexibility index (Phi) is 3.51. The molecule has 82 valence electrons. The molecule has 0 aliphatic carbocycles. The number of carbonyl (C=O) groups excluding carboxylic acids is 1. The molecule has 0 spiro atoms. The first-order valence-electron chi connectivity index (χ1n) is 4.08. The van der Waals surface area contributed by atoms with Gasteiger partial charge in [0.1, 0.15) is 0 Å². The van der Waals surface area contributed by atoms with E-state index in [9.17, 15) is 13.2 Å². The molecule has 4 nitrogen and oxygen atoms in total. The van der Waals surface area contributed by atoms with Crippen LogP contribution < -0.4 is 5.32 Å². The number of hydrogen-bond acceptors (Lipinski definition) is 3. The number of hydrogen-bond donors (Lipinski definition) is 1. The van der Waals surface area contributed by atoms with Crippen LogP contribution in [0.1, 0.15) is 6.92 Å². The van der Waals surface area contributed by atoms with Crippen molar-refractivity contribution in [3.8, 4) is 0 Å². The highest BCUT2D eigenvalue weighted by molar-refractivity contribution is 9.10. The number of sulfone groups is 1. The van der Waals surface area contributed by atoms with E-state index in [-0.39, 0.29) is 10.8 Å². The predicted molar refractivity (Wildman–Crippen MR) is 61.6 cm³/mol. The Bertz CT molecular complexity index is 496. The lowest BCUT2D eigenvalue weighted by Gasteiger charge is -2.08. The molecule has 0 fully saturated rings. The molecule has 0 heterocycles. The predicted octanol–water partition coefficient (Wildman–Crippen LogP) is 1.81. The number of halogens is 1. The Morgan fingerprint density at radius 3 is 2.47 bits per heavy atom. The molecule has 0 unspecified atom stereocenters. The molecule has 0 aromatic heterocycles. The van der Waals surface area contributed by atoms with E-state index in [1.54, 1.807) is 12.1 Å². The zero-order valence-electron chi connectivity index (χ0n) is 8.24. The number of benzene rings is 1. The fraction of sp³-hybridized carbons (Fsp3) is 0.222. The third-order valence-electron chi connectivity index (χ3n) is 1.65. The molecular weight excluding hydrogens is 282 g/mol. The normalized spacial score (nSPS) is 11.1. The number of anilines is 1. The quantitative estimate of drug-likeness (QED) is 0.904. The molecule has 1 amide bonds. The lowest BCUT2D eigenvalue weighted by Crippen LogP contribution is -2.10. The molecule has 0 aliphatic heterocycles. The van der Waals surface area contributed by atoms with Crippen LogP contribution in [-0.4, -0.2) is 20.6 Å². The second-order valence-corrected chi connectivity index (χ2v) is 5.99. The van der Waals surface area contributed by atoms with Crippen LogP contribution in [0.4, 0.5) is 5.69 Å². The van der Waals surface area contributed by atoms with Gasteiger partial charge in [-0.05, 0) is 18.2 Å². The highest BCUT2D eigenvalue weighted by Crippen LogP contribution is 2.25. The summed E-state index contributed by atoms with van der Waals surface area (Å²) in [5.74, 6) is -0.303. The zero-order chi connectivity index (χ0) is 11.6. The van der Waals surface area contributed by atoms with E-state index in [0.29, 0.717) is 10.2 Å². The number of nitrogens with one attached hydrogen (secondary N) is 1. The van der Waals surface area contributed by atoms with E-state index < -0.39 is 9.84 Å². The second kappa shape index (κ2) is 4.32. The summed E-state index contributed by atoms with van der Waals surface area (Å²) in [7, 11) is -3.35. The monoisotopic (exact) mass is 291 g/mol. The van der Waals surface area contributed by atoms with Gasteiger partial charge in [0.15, 0.2) is 9.84 Å². The van der Waals surface area contributed by atoms with Crippen LogP contribution >= 0.6 is 15.9 Å². The van der Waals surface area contributed by atoms with E-state index in [0.717, 1.165) is 6.26 Å². The molecule has 1 aromatic carbocycles. The van der Waals surface area contributed by atoms with Crippen molar-refractivity contribution in [2.24, 2.45) is 0 Å². The maximum Gasteiger partial charge on any atom is 0.221 e. The molecule has 0 saturated heterocycles. The van der Waals surface area contributed by atoms with E-state index in [4.69, 9.17) is 0 Å². The van der Waals surface area contributed by atoms with Crippen molar-refractivity contribution in [2.75, 3.05) is 11.6 Å². The van der Waals surface area contributed by atoms with E-state index in [1.807, 2.05) is 0 Å². The average molecular weight is 292 g/mol. The third kappa shape index (κ3) is 3.32. The number of amides is 1. The number of carbonyl (C=O) groups is 1. The largest absolute Gasteiger partial charge is 0.325 e. The fourth-order valence-corrected chi connectivity index (χ4v) is 2.47. The van der Waals surface area contributed by atoms with Gasteiger partial charge in [-0.1, -0.05) is 15.9 Å². The van der Waals surface area contributed by atoms with Gasteiger partial charge in [-0.2, -0.15) is 0 Å². The smallest absolute Gasteiger partial charge is 0.221 e. The first-order chi connectivity index (χ1) is 6.80. The maximum atomic E-state index is 11.4. The van der Waals surface area contributed by atoms with Crippen molar-refractivity contribution in [1.29, 1.82) is 0 Å². The van der Waals surface area contributed by atoms with Crippen molar-refractivity contribution >= 4 is 37.4 Å². The van der Waals surface area contributed by atoms with Gasteiger partial charge in [0, 0.05) is 17.7 Å². The van der Waals surface area contributed by atoms with E-state index in [1.165, 1.54) is 13.0 Å². The van der Waals surface area contributed by atoms with Crippen LogP contribution in [0.2, 0.25) is 0 Å². The summed E-state index contributed by atoms with van der Waals surface area (Å²) in [4.78, 5) is 11.0. The van der Waals surface area contributed by atoms with Gasteiger partial charge in [-0.3, -0.25) is 4.79 Å². The Morgan fingerprint density at radius 1 is 1.40 bits per heavy atom. The van der Waals surface area contributed by atoms with Crippen molar-refractivity contribution in [3.63, 3.8) is 0 Å². The van der Waals surface area contributed by atoms with Crippen LogP contribution in [0.5, 0.6) is 0 Å². The van der Waals surface area contributed by atoms with Crippen molar-refractivity contribution in [1.82, 2.24) is 0 Å². The zero-order valence-corrected chi connectivity index (χ0v) is 10.6. The molecule has 1 aromatic rings. The van der Waals surface area contributed by atoms with Gasteiger partial charge >= 0.3 is 0 Å². The Hall–Kier alpha value is -0.880. The van der Waals surface area contributed by atoms with E-state index >= 15 is 0 Å². The lowest BCUT2D eigenvalue weighted by atomic mass is 10.3. The average Bonchev–Trinajstić information content (AvgIpc) is 2.05. The Balaban J connectivity index is 3.33. The molecule has 0 saturated carbocycles.